The second-order valence-electron chi connectivity index (χ2n) is 9.33. The van der Waals surface area contributed by atoms with Gasteiger partial charge in [-0.1, -0.05) is 25.3 Å². The van der Waals surface area contributed by atoms with Crippen molar-refractivity contribution in [3.05, 3.63) is 45.4 Å². The van der Waals surface area contributed by atoms with E-state index in [1.54, 1.807) is 22.7 Å². The maximum atomic E-state index is 13.0. The van der Waals surface area contributed by atoms with Crippen LogP contribution in [0.15, 0.2) is 28.5 Å². The molecule has 3 heterocycles. The third-order valence-corrected chi connectivity index (χ3v) is 8.96. The van der Waals surface area contributed by atoms with Crippen LogP contribution in [-0.4, -0.2) is 46.1 Å². The van der Waals surface area contributed by atoms with Crippen LogP contribution in [0.2, 0.25) is 0 Å². The zero-order valence-electron chi connectivity index (χ0n) is 19.4. The fourth-order valence-corrected chi connectivity index (χ4v) is 6.84. The number of piperidine rings is 1. The molecule has 1 aromatic heterocycles. The number of amides is 4. The standard InChI is InChI=1S/C25H28N4O4S2/c30-21-10-9-19(22(31)28-21)29-12-18-17(25(29)33)7-4-8-20(18)34-13-16-14-35-24(27-16)23(32)26-11-15-5-2-1-3-6-15/h4,7-8,14-15,19H,1-3,5-6,9-13H2,(H,26,32)(H,28,30,31). The molecule has 1 unspecified atom stereocenters. The van der Waals surface area contributed by atoms with Crippen molar-refractivity contribution < 1.29 is 19.2 Å². The lowest BCUT2D eigenvalue weighted by Gasteiger charge is -2.29. The van der Waals surface area contributed by atoms with Crippen molar-refractivity contribution in [2.75, 3.05) is 6.54 Å². The second-order valence-corrected chi connectivity index (χ2v) is 11.2. The number of benzene rings is 1. The van der Waals surface area contributed by atoms with Crippen LogP contribution >= 0.6 is 23.1 Å². The first-order chi connectivity index (χ1) is 17.0. The maximum absolute atomic E-state index is 13.0. The summed E-state index contributed by atoms with van der Waals surface area (Å²) in [6.45, 7) is 1.06. The Bertz CT molecular complexity index is 1160. The van der Waals surface area contributed by atoms with Gasteiger partial charge in [0.1, 0.15) is 6.04 Å². The zero-order chi connectivity index (χ0) is 24.4. The molecule has 3 aliphatic rings. The van der Waals surface area contributed by atoms with Crippen molar-refractivity contribution in [3.8, 4) is 0 Å². The highest BCUT2D eigenvalue weighted by Gasteiger charge is 2.39. The topological polar surface area (TPSA) is 108 Å². The lowest BCUT2D eigenvalue weighted by molar-refractivity contribution is -0.136. The largest absolute Gasteiger partial charge is 0.350 e. The highest BCUT2D eigenvalue weighted by atomic mass is 32.2. The van der Waals surface area contributed by atoms with Gasteiger partial charge >= 0.3 is 0 Å². The highest BCUT2D eigenvalue weighted by Crippen LogP contribution is 2.35. The average Bonchev–Trinajstić information content (AvgIpc) is 3.47. The highest BCUT2D eigenvalue weighted by molar-refractivity contribution is 7.98. The van der Waals surface area contributed by atoms with Gasteiger partial charge in [0.05, 0.1) is 5.69 Å². The Morgan fingerprint density at radius 1 is 1.17 bits per heavy atom. The van der Waals surface area contributed by atoms with Crippen LogP contribution in [0, 0.1) is 5.92 Å². The van der Waals surface area contributed by atoms with Crippen LogP contribution in [0.25, 0.3) is 0 Å². The second kappa shape index (κ2) is 10.5. The molecule has 5 rings (SSSR count). The van der Waals surface area contributed by atoms with Crippen LogP contribution < -0.4 is 10.6 Å². The Labute approximate surface area is 212 Å². The van der Waals surface area contributed by atoms with Crippen molar-refractivity contribution in [2.24, 2.45) is 5.92 Å². The first-order valence-corrected chi connectivity index (χ1v) is 14.0. The van der Waals surface area contributed by atoms with E-state index in [4.69, 9.17) is 0 Å². The summed E-state index contributed by atoms with van der Waals surface area (Å²) >= 11 is 2.92. The van der Waals surface area contributed by atoms with Crippen molar-refractivity contribution in [3.63, 3.8) is 0 Å². The summed E-state index contributed by atoms with van der Waals surface area (Å²) in [5.74, 6) is 0.163. The van der Waals surface area contributed by atoms with Crippen molar-refractivity contribution in [1.29, 1.82) is 0 Å². The van der Waals surface area contributed by atoms with E-state index < -0.39 is 11.9 Å². The van der Waals surface area contributed by atoms with Gasteiger partial charge in [0.2, 0.25) is 11.8 Å². The minimum absolute atomic E-state index is 0.108. The summed E-state index contributed by atoms with van der Waals surface area (Å²) in [5, 5.41) is 7.77. The van der Waals surface area contributed by atoms with Crippen LogP contribution in [0.5, 0.6) is 0 Å². The van der Waals surface area contributed by atoms with Gasteiger partial charge in [-0.2, -0.15) is 0 Å². The number of hydrogen-bond donors (Lipinski definition) is 2. The monoisotopic (exact) mass is 512 g/mol. The molecule has 1 aromatic carbocycles. The molecule has 1 atom stereocenters. The molecular formula is C25H28N4O4S2. The van der Waals surface area contributed by atoms with E-state index in [9.17, 15) is 19.2 Å². The number of thioether (sulfide) groups is 1. The van der Waals surface area contributed by atoms with E-state index in [1.807, 2.05) is 17.5 Å². The molecule has 2 aliphatic heterocycles. The number of aromatic nitrogens is 1. The Morgan fingerprint density at radius 3 is 2.80 bits per heavy atom. The summed E-state index contributed by atoms with van der Waals surface area (Å²) < 4.78 is 0. The summed E-state index contributed by atoms with van der Waals surface area (Å²) in [4.78, 5) is 56.4. The predicted octanol–water partition coefficient (Wildman–Crippen LogP) is 3.51. The van der Waals surface area contributed by atoms with Gasteiger partial charge in [-0.05, 0) is 42.9 Å². The number of carbonyl (C=O) groups is 4. The zero-order valence-corrected chi connectivity index (χ0v) is 21.0. The Hall–Kier alpha value is -2.72. The van der Waals surface area contributed by atoms with Gasteiger partial charge in [-0.15, -0.1) is 23.1 Å². The lowest BCUT2D eigenvalue weighted by Crippen LogP contribution is -2.52. The third-order valence-electron chi connectivity index (χ3n) is 6.94. The van der Waals surface area contributed by atoms with E-state index in [0.717, 1.165) is 22.7 Å². The Morgan fingerprint density at radius 2 is 2.00 bits per heavy atom. The molecule has 1 aliphatic carbocycles. The van der Waals surface area contributed by atoms with Gasteiger partial charge < -0.3 is 10.2 Å². The van der Waals surface area contributed by atoms with Crippen LogP contribution in [-0.2, 0) is 21.9 Å². The maximum Gasteiger partial charge on any atom is 0.280 e. The van der Waals surface area contributed by atoms with E-state index >= 15 is 0 Å². The third kappa shape index (κ3) is 5.28. The van der Waals surface area contributed by atoms with E-state index in [2.05, 4.69) is 15.6 Å². The molecule has 2 aromatic rings. The molecule has 0 radical (unpaired) electrons. The summed E-state index contributed by atoms with van der Waals surface area (Å²) in [6.07, 6.45) is 6.75. The molecule has 35 heavy (non-hydrogen) atoms. The number of nitrogens with one attached hydrogen (secondary N) is 2. The van der Waals surface area contributed by atoms with E-state index in [1.165, 1.54) is 43.4 Å². The summed E-state index contributed by atoms with van der Waals surface area (Å²) in [5.41, 5.74) is 2.32. The van der Waals surface area contributed by atoms with Crippen molar-refractivity contribution in [1.82, 2.24) is 20.5 Å². The minimum Gasteiger partial charge on any atom is -0.350 e. The fraction of sp³-hybridized carbons (Fsp3) is 0.480. The fourth-order valence-electron chi connectivity index (χ4n) is 5.03. The van der Waals surface area contributed by atoms with Crippen molar-refractivity contribution >= 4 is 46.7 Å². The Balaban J connectivity index is 1.20. The SMILES string of the molecule is O=C1CCC(N2Cc3c(SCc4csc(C(=O)NCC5CCCCC5)n4)cccc3C2=O)C(=O)N1. The first kappa shape index (κ1) is 24.0. The minimum atomic E-state index is -0.626. The molecule has 4 amide bonds. The van der Waals surface area contributed by atoms with Crippen LogP contribution in [0.4, 0.5) is 0 Å². The lowest BCUT2D eigenvalue weighted by atomic mass is 9.89. The molecular weight excluding hydrogens is 484 g/mol. The number of carbonyl (C=O) groups excluding carboxylic acids is 4. The molecule has 0 bridgehead atoms. The predicted molar refractivity (Wildman–Crippen MR) is 133 cm³/mol. The number of rotatable bonds is 7. The number of nitrogens with zero attached hydrogens (tertiary/aromatic N) is 2. The molecule has 1 saturated carbocycles. The number of imide groups is 1. The smallest absolute Gasteiger partial charge is 0.280 e. The number of fused-ring (bicyclic) bond motifs is 1. The molecule has 1 saturated heterocycles. The molecule has 184 valence electrons. The molecule has 10 heteroatoms. The quantitative estimate of drug-likeness (QED) is 0.434. The Kier molecular flexibility index (Phi) is 7.19. The normalized spacial score (nSPS) is 20.6. The van der Waals surface area contributed by atoms with Gasteiger partial charge in [-0.25, -0.2) is 4.98 Å². The van der Waals surface area contributed by atoms with Crippen LogP contribution in [0.1, 0.15) is 76.4 Å². The van der Waals surface area contributed by atoms with E-state index in [-0.39, 0.29) is 24.1 Å². The average molecular weight is 513 g/mol. The number of hydrogen-bond acceptors (Lipinski definition) is 7. The van der Waals surface area contributed by atoms with Gasteiger partial charge in [-0.3, -0.25) is 24.5 Å². The van der Waals surface area contributed by atoms with Gasteiger partial charge in [0.15, 0.2) is 5.01 Å². The van der Waals surface area contributed by atoms with Crippen LogP contribution in [0.3, 0.4) is 0 Å². The molecule has 2 N–H and O–H groups in total. The van der Waals surface area contributed by atoms with Gasteiger partial charge in [0, 0.05) is 41.1 Å². The first-order valence-electron chi connectivity index (χ1n) is 12.1. The molecule has 8 nitrogen and oxygen atoms in total. The summed E-state index contributed by atoms with van der Waals surface area (Å²) in [7, 11) is 0. The van der Waals surface area contributed by atoms with E-state index in [0.29, 0.717) is 35.2 Å². The summed E-state index contributed by atoms with van der Waals surface area (Å²) in [6, 6.07) is 4.97. The van der Waals surface area contributed by atoms with Gasteiger partial charge in [0.25, 0.3) is 11.8 Å². The molecule has 2 fully saturated rings. The van der Waals surface area contributed by atoms with Crippen molar-refractivity contribution in [2.45, 2.75) is 68.2 Å². The number of thiazole rings is 1. The molecule has 0 spiro atoms.